The van der Waals surface area contributed by atoms with E-state index in [-0.39, 0.29) is 11.9 Å². The van der Waals surface area contributed by atoms with E-state index < -0.39 is 6.55 Å². The predicted octanol–water partition coefficient (Wildman–Crippen LogP) is 4.54. The first-order valence-corrected chi connectivity index (χ1v) is 8.87. The van der Waals surface area contributed by atoms with Gasteiger partial charge in [0.1, 0.15) is 5.01 Å². The quantitative estimate of drug-likeness (QED) is 0.657. The van der Waals surface area contributed by atoms with Crippen LogP contribution in [-0.4, -0.2) is 32.6 Å². The van der Waals surface area contributed by atoms with E-state index in [9.17, 15) is 13.6 Å². The molecule has 2 heterocycles. The van der Waals surface area contributed by atoms with Crippen molar-refractivity contribution in [3.63, 3.8) is 0 Å². The lowest BCUT2D eigenvalue weighted by Crippen LogP contribution is -2.29. The number of hydrogen-bond acceptors (Lipinski definition) is 4. The van der Waals surface area contributed by atoms with E-state index in [1.807, 2.05) is 12.3 Å². The number of thiazole rings is 1. The number of carbonyl (C=O) groups is 1. The van der Waals surface area contributed by atoms with E-state index in [2.05, 4.69) is 10.1 Å². The number of halogens is 2. The molecule has 3 aromatic rings. The zero-order chi connectivity index (χ0) is 18.8. The predicted molar refractivity (Wildman–Crippen MR) is 96.3 cm³/mol. The van der Waals surface area contributed by atoms with Crippen molar-refractivity contribution in [2.24, 2.45) is 0 Å². The number of alkyl halides is 2. The molecular weight excluding hydrogens is 358 g/mol. The van der Waals surface area contributed by atoms with Crippen LogP contribution in [0.5, 0.6) is 0 Å². The zero-order valence-corrected chi connectivity index (χ0v) is 15.4. The van der Waals surface area contributed by atoms with Gasteiger partial charge in [-0.05, 0) is 31.5 Å². The Bertz CT molecular complexity index is 908. The molecule has 0 saturated carbocycles. The molecule has 3 rings (SSSR count). The van der Waals surface area contributed by atoms with Gasteiger partial charge in [-0.25, -0.2) is 9.67 Å². The number of aromatic nitrogens is 3. The first-order valence-electron chi connectivity index (χ1n) is 7.99. The normalized spacial score (nSPS) is 12.4. The maximum Gasteiger partial charge on any atom is 0.333 e. The van der Waals surface area contributed by atoms with Crippen molar-refractivity contribution in [2.75, 3.05) is 7.05 Å². The number of hydrogen-bond donors (Lipinski definition) is 0. The summed E-state index contributed by atoms with van der Waals surface area (Å²) in [6.45, 7) is 0.883. The Morgan fingerprint density at radius 3 is 2.73 bits per heavy atom. The van der Waals surface area contributed by atoms with E-state index in [1.165, 1.54) is 17.5 Å². The molecule has 0 unspecified atom stereocenters. The van der Waals surface area contributed by atoms with Crippen LogP contribution in [0.3, 0.4) is 0 Å². The molecule has 1 amide bonds. The fraction of sp³-hybridized carbons (Fsp3) is 0.278. The lowest BCUT2D eigenvalue weighted by Gasteiger charge is -2.23. The molecule has 0 spiro atoms. The van der Waals surface area contributed by atoms with Crippen molar-refractivity contribution in [1.82, 2.24) is 19.7 Å². The zero-order valence-electron chi connectivity index (χ0n) is 14.6. The lowest BCUT2D eigenvalue weighted by molar-refractivity contribution is 0.0563. The van der Waals surface area contributed by atoms with Gasteiger partial charge in [0.05, 0.1) is 11.7 Å². The summed E-state index contributed by atoms with van der Waals surface area (Å²) in [6, 6.07) is 6.77. The van der Waals surface area contributed by atoms with Crippen LogP contribution in [0.1, 0.15) is 40.6 Å². The number of rotatable bonds is 5. The van der Waals surface area contributed by atoms with E-state index in [1.54, 1.807) is 49.3 Å². The monoisotopic (exact) mass is 376 g/mol. The average Bonchev–Trinajstić information content (AvgIpc) is 3.29. The van der Waals surface area contributed by atoms with Gasteiger partial charge in [-0.1, -0.05) is 12.1 Å². The summed E-state index contributed by atoms with van der Waals surface area (Å²) in [5.41, 5.74) is 2.23. The maximum atomic E-state index is 12.8. The molecule has 26 heavy (non-hydrogen) atoms. The first-order chi connectivity index (χ1) is 12.4. The highest BCUT2D eigenvalue weighted by Crippen LogP contribution is 2.27. The standard InChI is InChI=1S/C18H18F2N4OS/c1-11-15(10-24(22-11)18(19)20)13-5-4-6-14(9-13)17(25)23(3)12(2)16-21-7-8-26-16/h4-10,12,18H,1-3H3/t12-/m1/s1. The van der Waals surface area contributed by atoms with Crippen LogP contribution >= 0.6 is 11.3 Å². The van der Waals surface area contributed by atoms with Crippen molar-refractivity contribution in [2.45, 2.75) is 26.4 Å². The minimum atomic E-state index is -2.70. The Morgan fingerprint density at radius 1 is 1.35 bits per heavy atom. The third-order valence-electron chi connectivity index (χ3n) is 4.25. The van der Waals surface area contributed by atoms with Crippen molar-refractivity contribution in [3.05, 3.63) is 58.3 Å². The molecule has 5 nitrogen and oxygen atoms in total. The summed E-state index contributed by atoms with van der Waals surface area (Å²) < 4.78 is 26.3. The van der Waals surface area contributed by atoms with Crippen LogP contribution in [0.2, 0.25) is 0 Å². The highest BCUT2D eigenvalue weighted by Gasteiger charge is 2.21. The van der Waals surface area contributed by atoms with Gasteiger partial charge in [0.2, 0.25) is 0 Å². The molecule has 8 heteroatoms. The number of nitrogens with zero attached hydrogens (tertiary/aromatic N) is 4. The molecule has 0 N–H and O–H groups in total. The summed E-state index contributed by atoms with van der Waals surface area (Å²) in [7, 11) is 1.72. The van der Waals surface area contributed by atoms with Crippen molar-refractivity contribution in [1.29, 1.82) is 0 Å². The minimum Gasteiger partial charge on any atom is -0.333 e. The average molecular weight is 376 g/mol. The highest BCUT2D eigenvalue weighted by molar-refractivity contribution is 7.09. The van der Waals surface area contributed by atoms with Gasteiger partial charge in [0.25, 0.3) is 5.91 Å². The molecular formula is C18H18F2N4OS. The Labute approximate surface area is 153 Å². The molecule has 0 saturated heterocycles. The summed E-state index contributed by atoms with van der Waals surface area (Å²) in [6.07, 6.45) is 3.00. The van der Waals surface area contributed by atoms with Crippen molar-refractivity contribution >= 4 is 17.2 Å². The molecule has 0 fully saturated rings. The van der Waals surface area contributed by atoms with Gasteiger partial charge in [-0.15, -0.1) is 11.3 Å². The van der Waals surface area contributed by atoms with E-state index in [4.69, 9.17) is 0 Å². The number of aryl methyl sites for hydroxylation is 1. The summed E-state index contributed by atoms with van der Waals surface area (Å²) in [5, 5.41) is 6.54. The van der Waals surface area contributed by atoms with Gasteiger partial charge in [-0.3, -0.25) is 4.79 Å². The molecule has 2 aromatic heterocycles. The molecule has 0 aliphatic heterocycles. The topological polar surface area (TPSA) is 51.0 Å². The third-order valence-corrected chi connectivity index (χ3v) is 5.19. The third kappa shape index (κ3) is 3.50. The molecule has 136 valence electrons. The Morgan fingerprint density at radius 2 is 2.12 bits per heavy atom. The number of amides is 1. The fourth-order valence-electron chi connectivity index (χ4n) is 2.67. The smallest absolute Gasteiger partial charge is 0.333 e. The summed E-state index contributed by atoms with van der Waals surface area (Å²) >= 11 is 1.49. The SMILES string of the molecule is Cc1nn(C(F)F)cc1-c1cccc(C(=O)N(C)[C@H](C)c2nccs2)c1. The fourth-order valence-corrected chi connectivity index (χ4v) is 3.41. The molecule has 1 atom stereocenters. The number of carbonyl (C=O) groups excluding carboxylic acids is 1. The Kier molecular flexibility index (Phi) is 5.13. The molecule has 0 aliphatic carbocycles. The second-order valence-corrected chi connectivity index (χ2v) is 6.86. The molecule has 0 radical (unpaired) electrons. The van der Waals surface area contributed by atoms with Crippen LogP contribution in [-0.2, 0) is 0 Å². The van der Waals surface area contributed by atoms with Crippen LogP contribution in [0.4, 0.5) is 8.78 Å². The largest absolute Gasteiger partial charge is 0.333 e. The van der Waals surface area contributed by atoms with Crippen molar-refractivity contribution in [3.8, 4) is 11.1 Å². The van der Waals surface area contributed by atoms with Gasteiger partial charge < -0.3 is 4.90 Å². The maximum absolute atomic E-state index is 12.8. The van der Waals surface area contributed by atoms with Crippen LogP contribution in [0.25, 0.3) is 11.1 Å². The van der Waals surface area contributed by atoms with Crippen LogP contribution < -0.4 is 0 Å². The molecule has 1 aromatic carbocycles. The van der Waals surface area contributed by atoms with Gasteiger partial charge in [-0.2, -0.15) is 13.9 Å². The second kappa shape index (κ2) is 7.33. The van der Waals surface area contributed by atoms with E-state index in [0.29, 0.717) is 27.1 Å². The van der Waals surface area contributed by atoms with Gasteiger partial charge in [0, 0.05) is 35.9 Å². The van der Waals surface area contributed by atoms with Crippen LogP contribution in [0.15, 0.2) is 42.0 Å². The van der Waals surface area contributed by atoms with Gasteiger partial charge in [0.15, 0.2) is 0 Å². The Hall–Kier alpha value is -2.61. The second-order valence-electron chi connectivity index (χ2n) is 5.93. The molecule has 0 bridgehead atoms. The van der Waals surface area contributed by atoms with E-state index >= 15 is 0 Å². The van der Waals surface area contributed by atoms with Gasteiger partial charge >= 0.3 is 6.55 Å². The van der Waals surface area contributed by atoms with Crippen molar-refractivity contribution < 1.29 is 13.6 Å². The van der Waals surface area contributed by atoms with E-state index in [0.717, 1.165) is 5.01 Å². The summed E-state index contributed by atoms with van der Waals surface area (Å²) in [4.78, 5) is 18.7. The summed E-state index contributed by atoms with van der Waals surface area (Å²) in [5.74, 6) is -0.159. The molecule has 0 aliphatic rings. The highest BCUT2D eigenvalue weighted by atomic mass is 32.1. The lowest BCUT2D eigenvalue weighted by atomic mass is 10.0. The Balaban J connectivity index is 1.88. The first kappa shape index (κ1) is 18.2. The van der Waals surface area contributed by atoms with Crippen LogP contribution in [0, 0.1) is 6.92 Å². The minimum absolute atomic E-state index is 0.158. The number of benzene rings is 1.